The van der Waals surface area contributed by atoms with Crippen molar-refractivity contribution in [3.8, 4) is 23.1 Å². The van der Waals surface area contributed by atoms with Gasteiger partial charge in [-0.15, -0.1) is 10.2 Å². The molecule has 0 unspecified atom stereocenters. The number of nitrogens with zero attached hydrogens (tertiary/aromatic N) is 2. The monoisotopic (exact) mass is 467 g/mol. The van der Waals surface area contributed by atoms with Crippen LogP contribution in [-0.2, 0) is 0 Å². The van der Waals surface area contributed by atoms with Gasteiger partial charge in [-0.3, -0.25) is 4.79 Å². The molecule has 0 radical (unpaired) electrons. The third-order valence-electron chi connectivity index (χ3n) is 3.93. The highest BCUT2D eigenvalue weighted by Crippen LogP contribution is 2.41. The number of aromatic hydroxyl groups is 1. The Morgan fingerprint density at radius 3 is 2.32 bits per heavy atom. The highest BCUT2D eigenvalue weighted by atomic mass is 79.9. The van der Waals surface area contributed by atoms with E-state index < -0.39 is 5.91 Å². The van der Waals surface area contributed by atoms with Crippen LogP contribution in [0.3, 0.4) is 0 Å². The van der Waals surface area contributed by atoms with Crippen LogP contribution in [0.5, 0.6) is 23.1 Å². The predicted octanol–water partition coefficient (Wildman–Crippen LogP) is 5.24. The van der Waals surface area contributed by atoms with Crippen LogP contribution in [0.2, 0.25) is 5.02 Å². The molecule has 1 aromatic heterocycles. The first-order valence-corrected chi connectivity index (χ1v) is 9.02. The van der Waals surface area contributed by atoms with Crippen molar-refractivity contribution in [3.63, 3.8) is 0 Å². The van der Waals surface area contributed by atoms with E-state index in [0.29, 0.717) is 37.6 Å². The standard InChI is InChI=1S/C18H15BrClN3O5/c1-26-12-4-8(5-13(27-2)16(12)28-3)17(24)23-22-15-10-6-9(20)7-11(19)14(10)21-18(15)25/h4-7,21,25H,1-3H3. The zero-order valence-corrected chi connectivity index (χ0v) is 17.4. The third-order valence-corrected chi connectivity index (χ3v) is 4.77. The highest BCUT2D eigenvalue weighted by Gasteiger charge is 2.18. The van der Waals surface area contributed by atoms with Crippen molar-refractivity contribution in [3.05, 3.63) is 39.3 Å². The van der Waals surface area contributed by atoms with E-state index in [-0.39, 0.29) is 17.1 Å². The van der Waals surface area contributed by atoms with E-state index in [9.17, 15) is 9.90 Å². The lowest BCUT2D eigenvalue weighted by molar-refractivity contribution is 0.0994. The lowest BCUT2D eigenvalue weighted by atomic mass is 10.1. The van der Waals surface area contributed by atoms with Crippen molar-refractivity contribution in [2.75, 3.05) is 21.3 Å². The van der Waals surface area contributed by atoms with E-state index in [2.05, 4.69) is 31.1 Å². The average Bonchev–Trinajstić information content (AvgIpc) is 3.00. The van der Waals surface area contributed by atoms with Gasteiger partial charge in [-0.05, 0) is 40.2 Å². The number of ether oxygens (including phenoxy) is 3. The molecule has 0 aliphatic rings. The summed E-state index contributed by atoms with van der Waals surface area (Å²) in [6, 6.07) is 6.20. The van der Waals surface area contributed by atoms with Crippen LogP contribution in [0.4, 0.5) is 5.69 Å². The Hall–Kier alpha value is -2.78. The zero-order valence-electron chi connectivity index (χ0n) is 15.0. The molecule has 8 nitrogen and oxygen atoms in total. The molecule has 1 amide bonds. The van der Waals surface area contributed by atoms with Gasteiger partial charge >= 0.3 is 0 Å². The number of benzene rings is 2. The maximum Gasteiger partial charge on any atom is 0.295 e. The van der Waals surface area contributed by atoms with Gasteiger partial charge in [0.1, 0.15) is 0 Å². The molecular formula is C18H15BrClN3O5. The first kappa shape index (κ1) is 20.0. The number of aromatic amines is 1. The lowest BCUT2D eigenvalue weighted by Crippen LogP contribution is -2.00. The second kappa shape index (κ2) is 8.07. The molecule has 0 aliphatic heterocycles. The molecule has 0 spiro atoms. The molecular weight excluding hydrogens is 454 g/mol. The number of H-pyrrole nitrogens is 1. The largest absolute Gasteiger partial charge is 0.493 e. The fraction of sp³-hybridized carbons (Fsp3) is 0.167. The van der Waals surface area contributed by atoms with Crippen molar-refractivity contribution in [1.29, 1.82) is 0 Å². The van der Waals surface area contributed by atoms with Gasteiger partial charge in [-0.25, -0.2) is 0 Å². The third kappa shape index (κ3) is 3.63. The quantitative estimate of drug-likeness (QED) is 0.498. The van der Waals surface area contributed by atoms with Gasteiger partial charge in [0.15, 0.2) is 17.2 Å². The highest BCUT2D eigenvalue weighted by molar-refractivity contribution is 9.10. The molecule has 0 saturated heterocycles. The Kier molecular flexibility index (Phi) is 5.76. The number of hydrogen-bond acceptors (Lipinski definition) is 6. The SMILES string of the molecule is COc1cc(C(=O)N=Nc2c(O)[nH]c3c(Br)cc(Cl)cc23)cc(OC)c1OC. The first-order chi connectivity index (χ1) is 13.4. The molecule has 146 valence electrons. The molecule has 0 bridgehead atoms. The summed E-state index contributed by atoms with van der Waals surface area (Å²) in [7, 11) is 4.35. The number of hydrogen-bond donors (Lipinski definition) is 2. The second-order valence-electron chi connectivity index (χ2n) is 5.55. The Bertz CT molecular complexity index is 1070. The Morgan fingerprint density at radius 2 is 1.75 bits per heavy atom. The van der Waals surface area contributed by atoms with Crippen LogP contribution >= 0.6 is 27.5 Å². The number of aromatic nitrogens is 1. The number of carbonyl (C=O) groups is 1. The van der Waals surface area contributed by atoms with E-state index in [1.54, 1.807) is 12.1 Å². The van der Waals surface area contributed by atoms with E-state index in [1.165, 1.54) is 33.5 Å². The minimum absolute atomic E-state index is 0.0963. The second-order valence-corrected chi connectivity index (χ2v) is 6.84. The average molecular weight is 469 g/mol. The van der Waals surface area contributed by atoms with Gasteiger partial charge < -0.3 is 24.3 Å². The normalized spacial score (nSPS) is 11.2. The lowest BCUT2D eigenvalue weighted by Gasteiger charge is -2.12. The maximum absolute atomic E-state index is 12.5. The fourth-order valence-electron chi connectivity index (χ4n) is 2.65. The van der Waals surface area contributed by atoms with Gasteiger partial charge in [0.25, 0.3) is 5.91 Å². The zero-order chi connectivity index (χ0) is 20.4. The van der Waals surface area contributed by atoms with Crippen LogP contribution in [0.25, 0.3) is 10.9 Å². The summed E-state index contributed by atoms with van der Waals surface area (Å²) in [5.74, 6) is 0.0814. The van der Waals surface area contributed by atoms with Gasteiger partial charge in [-0.1, -0.05) is 11.6 Å². The van der Waals surface area contributed by atoms with Crippen molar-refractivity contribution < 1.29 is 24.1 Å². The molecule has 3 rings (SSSR count). The van der Waals surface area contributed by atoms with Crippen LogP contribution in [0.1, 0.15) is 10.4 Å². The van der Waals surface area contributed by atoms with E-state index in [0.717, 1.165) is 0 Å². The molecule has 0 saturated carbocycles. The molecule has 28 heavy (non-hydrogen) atoms. The molecule has 10 heteroatoms. The summed E-state index contributed by atoms with van der Waals surface area (Å²) in [5, 5.41) is 18.7. The Balaban J connectivity index is 2.01. The molecule has 1 heterocycles. The summed E-state index contributed by atoms with van der Waals surface area (Å²) in [5.41, 5.74) is 0.854. The number of amides is 1. The van der Waals surface area contributed by atoms with Crippen LogP contribution in [-0.4, -0.2) is 37.3 Å². The van der Waals surface area contributed by atoms with Crippen molar-refractivity contribution in [1.82, 2.24) is 4.98 Å². The van der Waals surface area contributed by atoms with E-state index in [1.807, 2.05) is 0 Å². The van der Waals surface area contributed by atoms with Gasteiger partial charge in [0, 0.05) is 14.9 Å². The van der Waals surface area contributed by atoms with Crippen molar-refractivity contribution >= 4 is 50.0 Å². The van der Waals surface area contributed by atoms with Gasteiger partial charge in [0.05, 0.1) is 32.4 Å². The fourth-order valence-corrected chi connectivity index (χ4v) is 3.56. The number of azo groups is 1. The Labute approximate surface area is 173 Å². The van der Waals surface area contributed by atoms with Crippen molar-refractivity contribution in [2.45, 2.75) is 0 Å². The number of methoxy groups -OCH3 is 3. The summed E-state index contributed by atoms with van der Waals surface area (Å²) < 4.78 is 16.3. The summed E-state index contributed by atoms with van der Waals surface area (Å²) in [6.07, 6.45) is 0. The molecule has 0 fully saturated rings. The van der Waals surface area contributed by atoms with Gasteiger partial charge in [0.2, 0.25) is 11.6 Å². The smallest absolute Gasteiger partial charge is 0.295 e. The summed E-state index contributed by atoms with van der Waals surface area (Å²) in [6.45, 7) is 0. The minimum Gasteiger partial charge on any atom is -0.493 e. The molecule has 3 aromatic rings. The topological polar surface area (TPSA) is 106 Å². The Morgan fingerprint density at radius 1 is 1.11 bits per heavy atom. The van der Waals surface area contributed by atoms with Crippen LogP contribution in [0, 0.1) is 0 Å². The number of rotatable bonds is 5. The van der Waals surface area contributed by atoms with E-state index in [4.69, 9.17) is 25.8 Å². The number of carbonyl (C=O) groups excluding carboxylic acids is 1. The number of halogens is 2. The molecule has 0 aliphatic carbocycles. The molecule has 0 atom stereocenters. The number of fused-ring (bicyclic) bond motifs is 1. The molecule has 2 N–H and O–H groups in total. The summed E-state index contributed by atoms with van der Waals surface area (Å²) >= 11 is 9.41. The van der Waals surface area contributed by atoms with Crippen molar-refractivity contribution in [2.24, 2.45) is 10.2 Å². The van der Waals surface area contributed by atoms with E-state index >= 15 is 0 Å². The van der Waals surface area contributed by atoms with Crippen LogP contribution in [0.15, 0.2) is 39.0 Å². The minimum atomic E-state index is -0.658. The summed E-state index contributed by atoms with van der Waals surface area (Å²) in [4.78, 5) is 15.3. The van der Waals surface area contributed by atoms with Crippen LogP contribution < -0.4 is 14.2 Å². The first-order valence-electron chi connectivity index (χ1n) is 7.85. The van der Waals surface area contributed by atoms with Gasteiger partial charge in [-0.2, -0.15) is 0 Å². The predicted molar refractivity (Wildman–Crippen MR) is 108 cm³/mol. The number of nitrogens with one attached hydrogen (secondary N) is 1. The molecule has 2 aromatic carbocycles. The maximum atomic E-state index is 12.5.